The van der Waals surface area contributed by atoms with E-state index in [0.717, 1.165) is 55.9 Å². The van der Waals surface area contributed by atoms with Crippen LogP contribution in [0.3, 0.4) is 0 Å². The molecular formula is C25H39N5O. The van der Waals surface area contributed by atoms with Crippen molar-refractivity contribution in [2.75, 3.05) is 26.2 Å². The van der Waals surface area contributed by atoms with E-state index < -0.39 is 5.91 Å². The summed E-state index contributed by atoms with van der Waals surface area (Å²) in [6, 6.07) is 6.89. The van der Waals surface area contributed by atoms with Crippen molar-refractivity contribution < 1.29 is 4.79 Å². The van der Waals surface area contributed by atoms with Gasteiger partial charge >= 0.3 is 0 Å². The number of rotatable bonds is 8. The van der Waals surface area contributed by atoms with Crippen LogP contribution in [0.2, 0.25) is 0 Å². The van der Waals surface area contributed by atoms with Crippen LogP contribution in [0.1, 0.15) is 87.4 Å². The van der Waals surface area contributed by atoms with E-state index in [4.69, 9.17) is 10.7 Å². The molecule has 31 heavy (non-hydrogen) atoms. The summed E-state index contributed by atoms with van der Waals surface area (Å²) in [6.07, 6.45) is 9.96. The zero-order valence-corrected chi connectivity index (χ0v) is 19.4. The maximum Gasteiger partial charge on any atom is 0.250 e. The lowest BCUT2D eigenvalue weighted by atomic mass is 10.00. The number of carbonyl (C=O) groups excluding carboxylic acids is 1. The topological polar surface area (TPSA) is 67.4 Å². The van der Waals surface area contributed by atoms with Gasteiger partial charge in [0, 0.05) is 19.1 Å². The Morgan fingerprint density at radius 1 is 1.03 bits per heavy atom. The molecule has 2 fully saturated rings. The number of nitrogens with two attached hydrogens (primary N) is 1. The van der Waals surface area contributed by atoms with Gasteiger partial charge in [-0.1, -0.05) is 32.8 Å². The van der Waals surface area contributed by atoms with Crippen molar-refractivity contribution in [2.45, 2.75) is 83.8 Å². The summed E-state index contributed by atoms with van der Waals surface area (Å²) >= 11 is 0. The van der Waals surface area contributed by atoms with Crippen molar-refractivity contribution in [2.24, 2.45) is 5.73 Å². The van der Waals surface area contributed by atoms with Gasteiger partial charge in [0.15, 0.2) is 0 Å². The van der Waals surface area contributed by atoms with Crippen molar-refractivity contribution in [3.63, 3.8) is 0 Å². The predicted octanol–water partition coefficient (Wildman–Crippen LogP) is 4.34. The van der Waals surface area contributed by atoms with Crippen molar-refractivity contribution in [1.82, 2.24) is 19.4 Å². The van der Waals surface area contributed by atoms with Crippen molar-refractivity contribution >= 4 is 16.9 Å². The highest BCUT2D eigenvalue weighted by Gasteiger charge is 2.30. The fourth-order valence-corrected chi connectivity index (χ4v) is 5.74. The van der Waals surface area contributed by atoms with E-state index in [-0.39, 0.29) is 0 Å². The molecule has 170 valence electrons. The van der Waals surface area contributed by atoms with Crippen LogP contribution < -0.4 is 5.73 Å². The third-order valence-corrected chi connectivity index (χ3v) is 7.33. The normalized spacial score (nSPS) is 23.4. The molecular weight excluding hydrogens is 386 g/mol. The predicted molar refractivity (Wildman–Crippen MR) is 126 cm³/mol. The number of piperidine rings is 2. The second-order valence-corrected chi connectivity index (χ2v) is 9.30. The fraction of sp³-hybridized carbons (Fsp3) is 0.680. The monoisotopic (exact) mass is 425 g/mol. The van der Waals surface area contributed by atoms with Gasteiger partial charge in [-0.25, -0.2) is 4.98 Å². The first-order valence-corrected chi connectivity index (χ1v) is 12.4. The number of hydrogen-bond acceptors (Lipinski definition) is 4. The molecule has 0 bridgehead atoms. The molecule has 0 radical (unpaired) electrons. The Balaban J connectivity index is 1.71. The molecule has 1 amide bonds. The molecule has 0 aliphatic carbocycles. The summed E-state index contributed by atoms with van der Waals surface area (Å²) in [5, 5.41) is 0. The Morgan fingerprint density at radius 2 is 1.81 bits per heavy atom. The number of nitrogens with zero attached hydrogens (tertiary/aromatic N) is 4. The summed E-state index contributed by atoms with van der Waals surface area (Å²) in [4.78, 5) is 22.5. The number of para-hydroxylation sites is 1. The smallest absolute Gasteiger partial charge is 0.250 e. The number of fused-ring (bicyclic) bond motifs is 1. The van der Waals surface area contributed by atoms with E-state index in [1.807, 2.05) is 12.1 Å². The van der Waals surface area contributed by atoms with E-state index >= 15 is 0 Å². The highest BCUT2D eigenvalue weighted by molar-refractivity contribution is 6.04. The molecule has 2 aliphatic heterocycles. The van der Waals surface area contributed by atoms with Gasteiger partial charge in [-0.2, -0.15) is 0 Å². The first-order chi connectivity index (χ1) is 15.1. The SMILES string of the molecule is CCCN1CCCCC1c1nc2c(C(N)=O)cccc2n1CCN1CCCCC1CC. The first kappa shape index (κ1) is 22.3. The van der Waals surface area contributed by atoms with E-state index in [1.165, 1.54) is 45.1 Å². The van der Waals surface area contributed by atoms with Gasteiger partial charge in [0.2, 0.25) is 0 Å². The molecule has 6 nitrogen and oxygen atoms in total. The Labute approximate surface area is 186 Å². The molecule has 1 aromatic carbocycles. The number of carbonyl (C=O) groups is 1. The van der Waals surface area contributed by atoms with Gasteiger partial charge in [0.05, 0.1) is 17.1 Å². The molecule has 2 aromatic rings. The molecule has 2 unspecified atom stereocenters. The quantitative estimate of drug-likeness (QED) is 0.683. The maximum absolute atomic E-state index is 12.1. The van der Waals surface area contributed by atoms with Crippen LogP contribution in [-0.4, -0.2) is 57.5 Å². The number of likely N-dealkylation sites (tertiary alicyclic amines) is 2. The van der Waals surface area contributed by atoms with Gasteiger partial charge in [-0.05, 0) is 70.3 Å². The Kier molecular flexibility index (Phi) is 7.28. The zero-order valence-electron chi connectivity index (χ0n) is 19.4. The molecule has 2 N–H and O–H groups in total. The Morgan fingerprint density at radius 3 is 2.55 bits per heavy atom. The second kappa shape index (κ2) is 10.1. The van der Waals surface area contributed by atoms with Crippen molar-refractivity contribution in [3.8, 4) is 0 Å². The average molecular weight is 426 g/mol. The van der Waals surface area contributed by atoms with Crippen LogP contribution in [-0.2, 0) is 6.54 Å². The minimum Gasteiger partial charge on any atom is -0.366 e. The number of imidazole rings is 1. The Hall–Kier alpha value is -1.92. The summed E-state index contributed by atoms with van der Waals surface area (Å²) in [6.45, 7) is 9.94. The second-order valence-electron chi connectivity index (χ2n) is 9.30. The molecule has 2 atom stereocenters. The lowest BCUT2D eigenvalue weighted by Crippen LogP contribution is -2.41. The number of amides is 1. The van der Waals surface area contributed by atoms with Gasteiger partial charge in [0.25, 0.3) is 5.91 Å². The zero-order chi connectivity index (χ0) is 21.8. The third kappa shape index (κ3) is 4.65. The minimum atomic E-state index is -0.391. The number of hydrogen-bond donors (Lipinski definition) is 1. The Bertz CT molecular complexity index is 889. The van der Waals surface area contributed by atoms with Gasteiger partial charge in [-0.3, -0.25) is 14.6 Å². The van der Waals surface area contributed by atoms with Gasteiger partial charge < -0.3 is 10.3 Å². The summed E-state index contributed by atoms with van der Waals surface area (Å²) in [5.41, 5.74) is 8.08. The summed E-state index contributed by atoms with van der Waals surface area (Å²) < 4.78 is 2.40. The lowest BCUT2D eigenvalue weighted by molar-refractivity contribution is 0.100. The van der Waals surface area contributed by atoms with Crippen LogP contribution in [0.5, 0.6) is 0 Å². The lowest BCUT2D eigenvalue weighted by Gasteiger charge is -2.37. The van der Waals surface area contributed by atoms with E-state index in [1.54, 1.807) is 0 Å². The molecule has 1 aromatic heterocycles. The van der Waals surface area contributed by atoms with E-state index in [2.05, 4.69) is 34.3 Å². The molecule has 4 rings (SSSR count). The molecule has 6 heteroatoms. The first-order valence-electron chi connectivity index (χ1n) is 12.4. The van der Waals surface area contributed by atoms with Crippen LogP contribution in [0.25, 0.3) is 11.0 Å². The third-order valence-electron chi connectivity index (χ3n) is 7.33. The highest BCUT2D eigenvalue weighted by atomic mass is 16.1. The standard InChI is InChI=1S/C25H39N5O/c1-3-14-29-16-8-6-12-22(29)25-27-23-20(24(26)31)11-9-13-21(23)30(25)18-17-28-15-7-5-10-19(28)4-2/h9,11,13,19,22H,3-8,10,12,14-18H2,1-2H3,(H2,26,31). The van der Waals surface area contributed by atoms with Gasteiger partial charge in [-0.15, -0.1) is 0 Å². The highest BCUT2D eigenvalue weighted by Crippen LogP contribution is 2.33. The molecule has 3 heterocycles. The van der Waals surface area contributed by atoms with Crippen molar-refractivity contribution in [3.05, 3.63) is 29.6 Å². The number of benzene rings is 1. The molecule has 2 saturated heterocycles. The maximum atomic E-state index is 12.1. The average Bonchev–Trinajstić information content (AvgIpc) is 3.16. The summed E-state index contributed by atoms with van der Waals surface area (Å²) in [5.74, 6) is 0.736. The molecule has 0 saturated carbocycles. The van der Waals surface area contributed by atoms with Crippen LogP contribution >= 0.6 is 0 Å². The van der Waals surface area contributed by atoms with Crippen LogP contribution in [0, 0.1) is 0 Å². The molecule has 0 spiro atoms. The largest absolute Gasteiger partial charge is 0.366 e. The minimum absolute atomic E-state index is 0.324. The van der Waals surface area contributed by atoms with Crippen LogP contribution in [0.4, 0.5) is 0 Å². The number of primary amides is 1. The molecule has 2 aliphatic rings. The van der Waals surface area contributed by atoms with E-state index in [0.29, 0.717) is 17.6 Å². The fourth-order valence-electron chi connectivity index (χ4n) is 5.74. The van der Waals surface area contributed by atoms with Gasteiger partial charge in [0.1, 0.15) is 11.3 Å². The van der Waals surface area contributed by atoms with Crippen molar-refractivity contribution in [1.29, 1.82) is 0 Å². The van der Waals surface area contributed by atoms with Crippen LogP contribution in [0.15, 0.2) is 18.2 Å². The summed E-state index contributed by atoms with van der Waals surface area (Å²) in [7, 11) is 0. The number of aromatic nitrogens is 2. The van der Waals surface area contributed by atoms with E-state index in [9.17, 15) is 4.79 Å².